The molecule has 0 unspecified atom stereocenters. The van der Waals surface area contributed by atoms with Gasteiger partial charge in [0.2, 0.25) is 0 Å². The number of hydrogen-bond donors (Lipinski definition) is 1. The van der Waals surface area contributed by atoms with E-state index in [-0.39, 0.29) is 0 Å². The highest BCUT2D eigenvalue weighted by molar-refractivity contribution is 4.83. The number of rotatable bonds is 3. The highest BCUT2D eigenvalue weighted by Gasteiger charge is 2.27. The van der Waals surface area contributed by atoms with Gasteiger partial charge in [0.15, 0.2) is 0 Å². The molecule has 0 aromatic rings. The molecule has 0 radical (unpaired) electrons. The molecule has 2 fully saturated rings. The summed E-state index contributed by atoms with van der Waals surface area (Å²) in [5.74, 6) is 0.989. The Labute approximate surface area is 68.3 Å². The van der Waals surface area contributed by atoms with Crippen molar-refractivity contribution in [3.05, 3.63) is 0 Å². The summed E-state index contributed by atoms with van der Waals surface area (Å²) in [6.07, 6.45) is 4.52. The molecular formula is C9H17NO. The van der Waals surface area contributed by atoms with Crippen molar-refractivity contribution in [3.8, 4) is 0 Å². The van der Waals surface area contributed by atoms with E-state index in [1.807, 2.05) is 0 Å². The molecule has 2 rings (SSSR count). The summed E-state index contributed by atoms with van der Waals surface area (Å²) in [5, 5.41) is 3.57. The van der Waals surface area contributed by atoms with Gasteiger partial charge < -0.3 is 10.1 Å². The van der Waals surface area contributed by atoms with Crippen LogP contribution in [0.5, 0.6) is 0 Å². The van der Waals surface area contributed by atoms with Crippen LogP contribution >= 0.6 is 0 Å². The van der Waals surface area contributed by atoms with Gasteiger partial charge in [0.05, 0.1) is 6.10 Å². The summed E-state index contributed by atoms with van der Waals surface area (Å²) in [6, 6.07) is 0.635. The molecule has 0 bridgehead atoms. The van der Waals surface area contributed by atoms with Gasteiger partial charge in [0, 0.05) is 12.6 Å². The lowest BCUT2D eigenvalue weighted by Crippen LogP contribution is -2.35. The van der Waals surface area contributed by atoms with E-state index < -0.39 is 0 Å². The first-order valence-corrected chi connectivity index (χ1v) is 4.71. The normalized spacial score (nSPS) is 37.9. The van der Waals surface area contributed by atoms with E-state index in [1.165, 1.54) is 25.8 Å². The fourth-order valence-corrected chi connectivity index (χ4v) is 1.64. The summed E-state index contributed by atoms with van der Waals surface area (Å²) < 4.78 is 5.46. The lowest BCUT2D eigenvalue weighted by Gasteiger charge is -2.15. The van der Waals surface area contributed by atoms with Crippen molar-refractivity contribution in [2.45, 2.75) is 38.3 Å². The van der Waals surface area contributed by atoms with Crippen LogP contribution in [0.1, 0.15) is 26.2 Å². The van der Waals surface area contributed by atoms with Crippen molar-refractivity contribution in [1.82, 2.24) is 5.32 Å². The second-order valence-corrected chi connectivity index (χ2v) is 3.82. The van der Waals surface area contributed by atoms with Crippen LogP contribution in [0, 0.1) is 5.92 Å². The van der Waals surface area contributed by atoms with Crippen LogP contribution in [-0.4, -0.2) is 25.3 Å². The van der Waals surface area contributed by atoms with Gasteiger partial charge in [-0.1, -0.05) is 0 Å². The maximum atomic E-state index is 5.46. The van der Waals surface area contributed by atoms with Crippen LogP contribution in [0.3, 0.4) is 0 Å². The summed E-state index contributed by atoms with van der Waals surface area (Å²) in [6.45, 7) is 4.33. The largest absolute Gasteiger partial charge is 0.377 e. The number of nitrogens with one attached hydrogen (secondary N) is 1. The third-order valence-corrected chi connectivity index (χ3v) is 2.74. The van der Waals surface area contributed by atoms with Crippen LogP contribution < -0.4 is 5.32 Å². The van der Waals surface area contributed by atoms with Crippen LogP contribution in [0.2, 0.25) is 0 Å². The summed E-state index contributed by atoms with van der Waals surface area (Å²) >= 11 is 0. The Hall–Kier alpha value is -0.0800. The number of ether oxygens (including phenoxy) is 1. The molecule has 2 aliphatic rings. The Balaban J connectivity index is 1.67. The average molecular weight is 155 g/mol. The quantitative estimate of drug-likeness (QED) is 0.660. The first kappa shape index (κ1) is 7.56. The Kier molecular flexibility index (Phi) is 2.14. The molecule has 1 heterocycles. The van der Waals surface area contributed by atoms with Gasteiger partial charge in [-0.3, -0.25) is 0 Å². The van der Waals surface area contributed by atoms with Crippen molar-refractivity contribution in [1.29, 1.82) is 0 Å². The molecule has 1 aliphatic carbocycles. The highest BCUT2D eigenvalue weighted by atomic mass is 16.5. The summed E-state index contributed by atoms with van der Waals surface area (Å²) in [5.41, 5.74) is 0. The van der Waals surface area contributed by atoms with Gasteiger partial charge in [-0.15, -0.1) is 0 Å². The van der Waals surface area contributed by atoms with E-state index in [4.69, 9.17) is 4.74 Å². The lowest BCUT2D eigenvalue weighted by atomic mass is 10.1. The third-order valence-electron chi connectivity index (χ3n) is 2.74. The topological polar surface area (TPSA) is 21.3 Å². The molecule has 0 aromatic carbocycles. The van der Waals surface area contributed by atoms with E-state index in [0.29, 0.717) is 12.1 Å². The molecule has 1 N–H and O–H groups in total. The van der Waals surface area contributed by atoms with Gasteiger partial charge in [-0.05, 0) is 38.6 Å². The average Bonchev–Trinajstić information content (AvgIpc) is 2.73. The maximum Gasteiger partial charge on any atom is 0.0700 e. The standard InChI is InChI=1S/C9H17NO/c1-7-9(4-5-11-7)10-6-8-2-3-8/h7-10H,2-6H2,1H3/t7-,9+/m1/s1. The monoisotopic (exact) mass is 155 g/mol. The van der Waals surface area contributed by atoms with Crippen molar-refractivity contribution < 1.29 is 4.74 Å². The van der Waals surface area contributed by atoms with Crippen LogP contribution in [-0.2, 0) is 4.74 Å². The zero-order valence-corrected chi connectivity index (χ0v) is 7.18. The van der Waals surface area contributed by atoms with Crippen LogP contribution in [0.15, 0.2) is 0 Å². The zero-order chi connectivity index (χ0) is 7.68. The fourth-order valence-electron chi connectivity index (χ4n) is 1.64. The molecule has 1 aliphatic heterocycles. The van der Waals surface area contributed by atoms with Gasteiger partial charge >= 0.3 is 0 Å². The zero-order valence-electron chi connectivity index (χ0n) is 7.18. The lowest BCUT2D eigenvalue weighted by molar-refractivity contribution is 0.113. The Morgan fingerprint density at radius 1 is 1.36 bits per heavy atom. The van der Waals surface area contributed by atoms with Crippen molar-refractivity contribution in [2.75, 3.05) is 13.2 Å². The summed E-state index contributed by atoms with van der Waals surface area (Å²) in [4.78, 5) is 0. The van der Waals surface area contributed by atoms with Crippen molar-refractivity contribution >= 4 is 0 Å². The maximum absolute atomic E-state index is 5.46. The Morgan fingerprint density at radius 2 is 2.18 bits per heavy atom. The van der Waals surface area contributed by atoms with E-state index in [2.05, 4.69) is 12.2 Å². The highest BCUT2D eigenvalue weighted by Crippen LogP contribution is 2.28. The minimum absolute atomic E-state index is 0.439. The molecule has 2 heteroatoms. The SMILES string of the molecule is C[C@H]1OCC[C@@H]1NCC1CC1. The molecule has 1 saturated heterocycles. The molecule has 0 aromatic heterocycles. The predicted octanol–water partition coefficient (Wildman–Crippen LogP) is 1.16. The molecule has 0 spiro atoms. The summed E-state index contributed by atoms with van der Waals surface area (Å²) in [7, 11) is 0. The smallest absolute Gasteiger partial charge is 0.0700 e. The van der Waals surface area contributed by atoms with E-state index >= 15 is 0 Å². The van der Waals surface area contributed by atoms with Gasteiger partial charge in [0.25, 0.3) is 0 Å². The van der Waals surface area contributed by atoms with Gasteiger partial charge in [0.1, 0.15) is 0 Å². The van der Waals surface area contributed by atoms with E-state index in [1.54, 1.807) is 0 Å². The first-order valence-electron chi connectivity index (χ1n) is 4.71. The molecule has 1 saturated carbocycles. The molecule has 64 valence electrons. The van der Waals surface area contributed by atoms with Gasteiger partial charge in [-0.2, -0.15) is 0 Å². The molecule has 2 atom stereocenters. The molecule has 2 nitrogen and oxygen atoms in total. The molecule has 11 heavy (non-hydrogen) atoms. The predicted molar refractivity (Wildman–Crippen MR) is 44.5 cm³/mol. The second kappa shape index (κ2) is 3.11. The minimum Gasteiger partial charge on any atom is -0.377 e. The van der Waals surface area contributed by atoms with E-state index in [9.17, 15) is 0 Å². The number of hydrogen-bond acceptors (Lipinski definition) is 2. The minimum atomic E-state index is 0.439. The second-order valence-electron chi connectivity index (χ2n) is 3.82. The first-order chi connectivity index (χ1) is 5.36. The van der Waals surface area contributed by atoms with Crippen molar-refractivity contribution in [2.24, 2.45) is 5.92 Å². The molecular weight excluding hydrogens is 138 g/mol. The van der Waals surface area contributed by atoms with Crippen LogP contribution in [0.4, 0.5) is 0 Å². The van der Waals surface area contributed by atoms with Crippen molar-refractivity contribution in [3.63, 3.8) is 0 Å². The molecule has 0 amide bonds. The fraction of sp³-hybridized carbons (Fsp3) is 1.00. The Bertz CT molecular complexity index is 134. The van der Waals surface area contributed by atoms with Crippen LogP contribution in [0.25, 0.3) is 0 Å². The van der Waals surface area contributed by atoms with E-state index in [0.717, 1.165) is 12.5 Å². The van der Waals surface area contributed by atoms with Gasteiger partial charge in [-0.25, -0.2) is 0 Å². The third kappa shape index (κ3) is 1.94. The Morgan fingerprint density at radius 3 is 2.73 bits per heavy atom.